The molecule has 0 saturated carbocycles. The van der Waals surface area contributed by atoms with Crippen molar-refractivity contribution in [2.45, 2.75) is 19.4 Å². The van der Waals surface area contributed by atoms with Crippen molar-refractivity contribution in [3.8, 4) is 0 Å². The van der Waals surface area contributed by atoms with Crippen LogP contribution in [0.2, 0.25) is 0 Å². The molecule has 1 amide bonds. The molecule has 1 aliphatic heterocycles. The number of para-hydroxylation sites is 1. The Kier molecular flexibility index (Phi) is 4.87. The molecule has 0 radical (unpaired) electrons. The summed E-state index contributed by atoms with van der Waals surface area (Å²) in [7, 11) is 0. The minimum atomic E-state index is -0.398. The van der Waals surface area contributed by atoms with Crippen molar-refractivity contribution in [1.82, 2.24) is 10.2 Å². The Bertz CT molecular complexity index is 432. The Morgan fingerprint density at radius 3 is 2.79 bits per heavy atom. The fourth-order valence-electron chi connectivity index (χ4n) is 2.28. The van der Waals surface area contributed by atoms with Gasteiger partial charge in [-0.3, -0.25) is 9.69 Å². The number of anilines is 1. The van der Waals surface area contributed by atoms with Crippen molar-refractivity contribution in [3.63, 3.8) is 0 Å². The zero-order valence-corrected chi connectivity index (χ0v) is 11.2. The summed E-state index contributed by atoms with van der Waals surface area (Å²) < 4.78 is 13.4. The average Bonchev–Trinajstić information content (AvgIpc) is 2.42. The van der Waals surface area contributed by atoms with Crippen molar-refractivity contribution < 1.29 is 9.18 Å². The van der Waals surface area contributed by atoms with Gasteiger partial charge in [0, 0.05) is 38.6 Å². The number of benzene rings is 1. The maximum absolute atomic E-state index is 13.4. The zero-order valence-electron chi connectivity index (χ0n) is 11.2. The highest BCUT2D eigenvalue weighted by molar-refractivity contribution is 5.91. The van der Waals surface area contributed by atoms with Crippen LogP contribution in [0.15, 0.2) is 24.3 Å². The second-order valence-electron chi connectivity index (χ2n) is 4.87. The molecule has 1 fully saturated rings. The summed E-state index contributed by atoms with van der Waals surface area (Å²) >= 11 is 0. The summed E-state index contributed by atoms with van der Waals surface area (Å²) in [6.45, 7) is 5.85. The first-order chi connectivity index (χ1) is 9.16. The lowest BCUT2D eigenvalue weighted by molar-refractivity contribution is -0.117. The Labute approximate surface area is 113 Å². The molecule has 2 rings (SSSR count). The molecule has 1 aliphatic rings. The van der Waals surface area contributed by atoms with Crippen LogP contribution in [0.1, 0.15) is 13.3 Å². The van der Waals surface area contributed by atoms with Crippen LogP contribution in [0.4, 0.5) is 10.1 Å². The third-order valence-corrected chi connectivity index (χ3v) is 3.40. The summed E-state index contributed by atoms with van der Waals surface area (Å²) in [6.07, 6.45) is 0.383. The second kappa shape index (κ2) is 6.63. The number of nitrogens with zero attached hydrogens (tertiary/aromatic N) is 1. The van der Waals surface area contributed by atoms with E-state index in [1.165, 1.54) is 6.07 Å². The van der Waals surface area contributed by atoms with E-state index in [2.05, 4.69) is 15.5 Å². The van der Waals surface area contributed by atoms with E-state index < -0.39 is 5.82 Å². The monoisotopic (exact) mass is 265 g/mol. The second-order valence-corrected chi connectivity index (χ2v) is 4.87. The summed E-state index contributed by atoms with van der Waals surface area (Å²) in [5.74, 6) is -0.540. The lowest BCUT2D eigenvalue weighted by Gasteiger charge is -2.32. The standard InChI is InChI=1S/C14H20FN3O/c1-11(18-8-6-16-7-9-18)10-14(19)17-13-5-3-2-4-12(13)15/h2-5,11,16H,6-10H2,1H3,(H,17,19). The number of hydrogen-bond donors (Lipinski definition) is 2. The molecule has 0 spiro atoms. The van der Waals surface area contributed by atoms with Crippen LogP contribution >= 0.6 is 0 Å². The predicted octanol–water partition coefficient (Wildman–Crippen LogP) is 1.45. The normalized spacial score (nSPS) is 18.0. The predicted molar refractivity (Wildman–Crippen MR) is 73.6 cm³/mol. The van der Waals surface area contributed by atoms with Gasteiger partial charge in [0.25, 0.3) is 0 Å². The van der Waals surface area contributed by atoms with E-state index in [0.717, 1.165) is 26.2 Å². The van der Waals surface area contributed by atoms with Gasteiger partial charge in [-0.15, -0.1) is 0 Å². The zero-order chi connectivity index (χ0) is 13.7. The molecular weight excluding hydrogens is 245 g/mol. The Balaban J connectivity index is 1.85. The lowest BCUT2D eigenvalue weighted by Crippen LogP contribution is -2.48. The van der Waals surface area contributed by atoms with Gasteiger partial charge in [-0.2, -0.15) is 0 Å². The van der Waals surface area contributed by atoms with E-state index in [1.54, 1.807) is 18.2 Å². The Morgan fingerprint density at radius 1 is 1.42 bits per heavy atom. The molecule has 0 aromatic heterocycles. The van der Waals surface area contributed by atoms with Crippen molar-refractivity contribution in [3.05, 3.63) is 30.1 Å². The first kappa shape index (κ1) is 14.0. The Hall–Kier alpha value is -1.46. The van der Waals surface area contributed by atoms with Gasteiger partial charge in [0.2, 0.25) is 5.91 Å². The van der Waals surface area contributed by atoms with E-state index >= 15 is 0 Å². The van der Waals surface area contributed by atoms with Crippen molar-refractivity contribution in [1.29, 1.82) is 0 Å². The highest BCUT2D eigenvalue weighted by Crippen LogP contribution is 2.14. The van der Waals surface area contributed by atoms with E-state index in [0.29, 0.717) is 6.42 Å². The molecule has 1 saturated heterocycles. The number of halogens is 1. The highest BCUT2D eigenvalue weighted by Gasteiger charge is 2.19. The van der Waals surface area contributed by atoms with Crippen LogP contribution in [0, 0.1) is 5.82 Å². The fraction of sp³-hybridized carbons (Fsp3) is 0.500. The summed E-state index contributed by atoms with van der Waals surface area (Å²) in [6, 6.07) is 6.40. The van der Waals surface area contributed by atoms with E-state index in [9.17, 15) is 9.18 Å². The number of carbonyl (C=O) groups excluding carboxylic acids is 1. The molecule has 1 aromatic carbocycles. The first-order valence-corrected chi connectivity index (χ1v) is 6.66. The van der Waals surface area contributed by atoms with Crippen LogP contribution in [0.3, 0.4) is 0 Å². The molecule has 104 valence electrons. The molecule has 4 nitrogen and oxygen atoms in total. The summed E-state index contributed by atoms with van der Waals surface area (Å²) in [5, 5.41) is 5.90. The van der Waals surface area contributed by atoms with Crippen LogP contribution in [0.25, 0.3) is 0 Å². The quantitative estimate of drug-likeness (QED) is 0.866. The number of piperazine rings is 1. The van der Waals surface area contributed by atoms with Gasteiger partial charge in [-0.05, 0) is 19.1 Å². The van der Waals surface area contributed by atoms with E-state index in [-0.39, 0.29) is 17.6 Å². The van der Waals surface area contributed by atoms with Crippen LogP contribution in [-0.4, -0.2) is 43.0 Å². The van der Waals surface area contributed by atoms with Crippen LogP contribution in [0.5, 0.6) is 0 Å². The molecule has 1 unspecified atom stereocenters. The maximum Gasteiger partial charge on any atom is 0.226 e. The third-order valence-electron chi connectivity index (χ3n) is 3.40. The third kappa shape index (κ3) is 4.01. The molecule has 5 heteroatoms. The van der Waals surface area contributed by atoms with E-state index in [1.807, 2.05) is 6.92 Å². The van der Waals surface area contributed by atoms with Crippen molar-refractivity contribution in [2.75, 3.05) is 31.5 Å². The van der Waals surface area contributed by atoms with Gasteiger partial charge in [0.05, 0.1) is 5.69 Å². The van der Waals surface area contributed by atoms with Crippen LogP contribution in [-0.2, 0) is 4.79 Å². The van der Waals surface area contributed by atoms with Gasteiger partial charge in [-0.1, -0.05) is 12.1 Å². The van der Waals surface area contributed by atoms with Gasteiger partial charge >= 0.3 is 0 Å². The number of nitrogens with one attached hydrogen (secondary N) is 2. The van der Waals surface area contributed by atoms with Crippen molar-refractivity contribution in [2.24, 2.45) is 0 Å². The molecule has 0 aliphatic carbocycles. The van der Waals surface area contributed by atoms with Crippen molar-refractivity contribution >= 4 is 11.6 Å². The minimum Gasteiger partial charge on any atom is -0.324 e. The fourth-order valence-corrected chi connectivity index (χ4v) is 2.28. The Morgan fingerprint density at radius 2 is 2.11 bits per heavy atom. The summed E-state index contributed by atoms with van der Waals surface area (Å²) in [4.78, 5) is 14.2. The number of hydrogen-bond acceptors (Lipinski definition) is 3. The largest absolute Gasteiger partial charge is 0.324 e. The lowest BCUT2D eigenvalue weighted by atomic mass is 10.1. The highest BCUT2D eigenvalue weighted by atomic mass is 19.1. The van der Waals surface area contributed by atoms with Gasteiger partial charge < -0.3 is 10.6 Å². The topological polar surface area (TPSA) is 44.4 Å². The van der Waals surface area contributed by atoms with Gasteiger partial charge in [-0.25, -0.2) is 4.39 Å². The molecule has 1 aromatic rings. The van der Waals surface area contributed by atoms with Gasteiger partial charge in [0.15, 0.2) is 0 Å². The van der Waals surface area contributed by atoms with Crippen LogP contribution < -0.4 is 10.6 Å². The minimum absolute atomic E-state index is 0.142. The molecule has 0 bridgehead atoms. The molecule has 1 heterocycles. The van der Waals surface area contributed by atoms with E-state index in [4.69, 9.17) is 0 Å². The molecule has 19 heavy (non-hydrogen) atoms. The number of amides is 1. The van der Waals surface area contributed by atoms with Gasteiger partial charge in [0.1, 0.15) is 5.82 Å². The number of rotatable bonds is 4. The smallest absolute Gasteiger partial charge is 0.226 e. The summed E-state index contributed by atoms with van der Waals surface area (Å²) in [5.41, 5.74) is 0.250. The molecular formula is C14H20FN3O. The SMILES string of the molecule is CC(CC(=O)Nc1ccccc1F)N1CCNCC1. The average molecular weight is 265 g/mol. The number of carbonyl (C=O) groups is 1. The molecule has 2 N–H and O–H groups in total. The molecule has 1 atom stereocenters. The maximum atomic E-state index is 13.4. The first-order valence-electron chi connectivity index (χ1n) is 6.66.